The molecule has 1 rings (SSSR count). The lowest BCUT2D eigenvalue weighted by atomic mass is 10.1. The van der Waals surface area contributed by atoms with E-state index < -0.39 is 0 Å². The quantitative estimate of drug-likeness (QED) is 0.783. The van der Waals surface area contributed by atoms with E-state index >= 15 is 0 Å². The van der Waals surface area contributed by atoms with E-state index in [-0.39, 0.29) is 6.10 Å². The molecular weight excluding hydrogens is 200 g/mol. The average Bonchev–Trinajstić information content (AvgIpc) is 2.16. The molecule has 0 N–H and O–H groups in total. The topological polar surface area (TPSA) is 45.9 Å². The molecule has 86 valence electrons. The van der Waals surface area contributed by atoms with Gasteiger partial charge in [0.15, 0.2) is 0 Å². The summed E-state index contributed by atoms with van der Waals surface area (Å²) in [5.74, 6) is 1.06. The summed E-state index contributed by atoms with van der Waals surface area (Å²) in [5, 5.41) is 9.07. The Balaban J connectivity index is 3.08. The van der Waals surface area contributed by atoms with Gasteiger partial charge >= 0.3 is 0 Å². The van der Waals surface area contributed by atoms with Crippen molar-refractivity contribution in [1.82, 2.24) is 4.98 Å². The fraction of sp³-hybridized carbons (Fsp3) is 0.538. The van der Waals surface area contributed by atoms with Crippen LogP contribution in [0.25, 0.3) is 0 Å². The molecule has 1 unspecified atom stereocenters. The van der Waals surface area contributed by atoms with Crippen molar-refractivity contribution < 1.29 is 4.74 Å². The van der Waals surface area contributed by atoms with Crippen LogP contribution in [0.1, 0.15) is 37.7 Å². The standard InChI is InChI=1S/C13H18N2O/c1-8(2)11(5)16-13-6-9(3)15-10(4)12(13)7-14/h6,8,11H,1-5H3. The minimum Gasteiger partial charge on any atom is -0.489 e. The van der Waals surface area contributed by atoms with Gasteiger partial charge in [-0.2, -0.15) is 5.26 Å². The van der Waals surface area contributed by atoms with Crippen LogP contribution in [0.4, 0.5) is 0 Å². The van der Waals surface area contributed by atoms with Crippen LogP contribution in [-0.4, -0.2) is 11.1 Å². The van der Waals surface area contributed by atoms with Crippen molar-refractivity contribution in [2.75, 3.05) is 0 Å². The summed E-state index contributed by atoms with van der Waals surface area (Å²) in [7, 11) is 0. The van der Waals surface area contributed by atoms with Crippen LogP contribution in [-0.2, 0) is 0 Å². The van der Waals surface area contributed by atoms with Gasteiger partial charge < -0.3 is 4.74 Å². The summed E-state index contributed by atoms with van der Waals surface area (Å²) in [6.07, 6.45) is 0.0910. The molecule has 0 fully saturated rings. The van der Waals surface area contributed by atoms with E-state index in [1.54, 1.807) is 0 Å². The molecule has 3 heteroatoms. The van der Waals surface area contributed by atoms with E-state index in [9.17, 15) is 0 Å². The number of nitriles is 1. The minimum atomic E-state index is 0.0910. The molecule has 0 aromatic carbocycles. The molecule has 0 amide bonds. The molecule has 0 bridgehead atoms. The fourth-order valence-electron chi connectivity index (χ4n) is 1.36. The van der Waals surface area contributed by atoms with Gasteiger partial charge in [-0.1, -0.05) is 13.8 Å². The third kappa shape index (κ3) is 2.73. The van der Waals surface area contributed by atoms with E-state index in [0.717, 1.165) is 11.4 Å². The van der Waals surface area contributed by atoms with Gasteiger partial charge in [-0.3, -0.25) is 4.98 Å². The van der Waals surface area contributed by atoms with Crippen molar-refractivity contribution in [2.24, 2.45) is 5.92 Å². The average molecular weight is 218 g/mol. The molecule has 3 nitrogen and oxygen atoms in total. The summed E-state index contributed by atoms with van der Waals surface area (Å²) in [6, 6.07) is 3.97. The van der Waals surface area contributed by atoms with Gasteiger partial charge in [-0.25, -0.2) is 0 Å². The Morgan fingerprint density at radius 1 is 1.31 bits per heavy atom. The molecule has 0 spiro atoms. The highest BCUT2D eigenvalue weighted by Crippen LogP contribution is 2.23. The number of aromatic nitrogens is 1. The van der Waals surface area contributed by atoms with Gasteiger partial charge in [-0.05, 0) is 26.7 Å². The zero-order valence-corrected chi connectivity index (χ0v) is 10.5. The predicted octanol–water partition coefficient (Wildman–Crippen LogP) is 2.99. The molecule has 1 aromatic heterocycles. The third-order valence-corrected chi connectivity index (χ3v) is 2.66. The van der Waals surface area contributed by atoms with Gasteiger partial charge in [-0.15, -0.1) is 0 Å². The predicted molar refractivity (Wildman–Crippen MR) is 63.4 cm³/mol. The maximum absolute atomic E-state index is 9.07. The molecule has 0 aliphatic rings. The monoisotopic (exact) mass is 218 g/mol. The Kier molecular flexibility index (Phi) is 3.89. The highest BCUT2D eigenvalue weighted by molar-refractivity contribution is 5.46. The van der Waals surface area contributed by atoms with Crippen LogP contribution >= 0.6 is 0 Å². The van der Waals surface area contributed by atoms with Crippen LogP contribution in [0.2, 0.25) is 0 Å². The first-order valence-electron chi connectivity index (χ1n) is 5.50. The lowest BCUT2D eigenvalue weighted by Crippen LogP contribution is -2.19. The molecule has 1 heterocycles. The fourth-order valence-corrected chi connectivity index (χ4v) is 1.36. The zero-order chi connectivity index (χ0) is 12.3. The van der Waals surface area contributed by atoms with Crippen molar-refractivity contribution in [2.45, 2.75) is 40.7 Å². The van der Waals surface area contributed by atoms with Crippen LogP contribution in [0.5, 0.6) is 5.75 Å². The van der Waals surface area contributed by atoms with E-state index in [4.69, 9.17) is 10.00 Å². The molecule has 0 aliphatic heterocycles. The molecule has 0 aliphatic carbocycles. The summed E-state index contributed by atoms with van der Waals surface area (Å²) in [6.45, 7) is 9.94. The lowest BCUT2D eigenvalue weighted by Gasteiger charge is -2.19. The van der Waals surface area contributed by atoms with Gasteiger partial charge in [0.1, 0.15) is 17.4 Å². The van der Waals surface area contributed by atoms with Crippen LogP contribution in [0, 0.1) is 31.1 Å². The van der Waals surface area contributed by atoms with Gasteiger partial charge in [0.25, 0.3) is 0 Å². The minimum absolute atomic E-state index is 0.0910. The summed E-state index contributed by atoms with van der Waals surface area (Å²) in [4.78, 5) is 4.25. The maximum Gasteiger partial charge on any atom is 0.141 e. The van der Waals surface area contributed by atoms with Crippen molar-refractivity contribution in [3.05, 3.63) is 23.0 Å². The lowest BCUT2D eigenvalue weighted by molar-refractivity contribution is 0.169. The zero-order valence-electron chi connectivity index (χ0n) is 10.5. The number of nitrogens with zero attached hydrogens (tertiary/aromatic N) is 2. The number of hydrogen-bond donors (Lipinski definition) is 0. The Hall–Kier alpha value is -1.56. The van der Waals surface area contributed by atoms with Gasteiger partial charge in [0.2, 0.25) is 0 Å². The van der Waals surface area contributed by atoms with Crippen molar-refractivity contribution in [3.63, 3.8) is 0 Å². The first-order chi connectivity index (χ1) is 7.45. The summed E-state index contributed by atoms with van der Waals surface area (Å²) >= 11 is 0. The smallest absolute Gasteiger partial charge is 0.141 e. The van der Waals surface area contributed by atoms with Crippen LogP contribution in [0.3, 0.4) is 0 Å². The molecule has 16 heavy (non-hydrogen) atoms. The van der Waals surface area contributed by atoms with E-state index in [1.165, 1.54) is 0 Å². The number of aryl methyl sites for hydroxylation is 2. The van der Waals surface area contributed by atoms with Crippen LogP contribution < -0.4 is 4.74 Å². The number of rotatable bonds is 3. The molecule has 0 radical (unpaired) electrons. The summed E-state index contributed by atoms with van der Waals surface area (Å²) < 4.78 is 5.80. The van der Waals surface area contributed by atoms with Gasteiger partial charge in [0, 0.05) is 11.8 Å². The summed E-state index contributed by atoms with van der Waals surface area (Å²) in [5.41, 5.74) is 2.15. The second-order valence-corrected chi connectivity index (χ2v) is 4.40. The Bertz CT molecular complexity index is 419. The first kappa shape index (κ1) is 12.5. The third-order valence-electron chi connectivity index (χ3n) is 2.66. The number of hydrogen-bond acceptors (Lipinski definition) is 3. The molecular formula is C13H18N2O. The molecule has 1 atom stereocenters. The van der Waals surface area contributed by atoms with Gasteiger partial charge in [0.05, 0.1) is 11.8 Å². The van der Waals surface area contributed by atoms with Crippen LogP contribution in [0.15, 0.2) is 6.07 Å². The first-order valence-corrected chi connectivity index (χ1v) is 5.50. The second kappa shape index (κ2) is 4.98. The normalized spacial score (nSPS) is 12.3. The maximum atomic E-state index is 9.07. The van der Waals surface area contributed by atoms with E-state index in [1.807, 2.05) is 26.8 Å². The Morgan fingerprint density at radius 2 is 1.94 bits per heavy atom. The largest absolute Gasteiger partial charge is 0.489 e. The highest BCUT2D eigenvalue weighted by atomic mass is 16.5. The highest BCUT2D eigenvalue weighted by Gasteiger charge is 2.14. The molecule has 0 saturated carbocycles. The number of pyridine rings is 1. The van der Waals surface area contributed by atoms with Crippen molar-refractivity contribution >= 4 is 0 Å². The van der Waals surface area contributed by atoms with Crippen molar-refractivity contribution in [3.8, 4) is 11.8 Å². The van der Waals surface area contributed by atoms with E-state index in [2.05, 4.69) is 24.9 Å². The van der Waals surface area contributed by atoms with E-state index in [0.29, 0.717) is 17.2 Å². The molecule has 1 aromatic rings. The SMILES string of the molecule is Cc1cc(OC(C)C(C)C)c(C#N)c(C)n1. The second-order valence-electron chi connectivity index (χ2n) is 4.40. The molecule has 0 saturated heterocycles. The Labute approximate surface area is 97.1 Å². The van der Waals surface area contributed by atoms with Crippen molar-refractivity contribution in [1.29, 1.82) is 5.26 Å². The Morgan fingerprint density at radius 3 is 2.44 bits per heavy atom. The number of ether oxygens (including phenoxy) is 1.